The minimum Gasteiger partial charge on any atom is -0.395 e. The van der Waals surface area contributed by atoms with Crippen LogP contribution < -0.4 is 10.2 Å². The van der Waals surface area contributed by atoms with E-state index in [0.29, 0.717) is 24.2 Å². The van der Waals surface area contributed by atoms with Crippen LogP contribution >= 0.6 is 0 Å². The Morgan fingerprint density at radius 1 is 1.50 bits per heavy atom. The number of aromatic nitrogens is 1. The Kier molecular flexibility index (Phi) is 4.73. The van der Waals surface area contributed by atoms with Gasteiger partial charge in [0.15, 0.2) is 0 Å². The molecular formula is C13H20N4O3. The van der Waals surface area contributed by atoms with Crippen molar-refractivity contribution in [3.05, 3.63) is 22.2 Å². The van der Waals surface area contributed by atoms with Gasteiger partial charge in [0.25, 0.3) is 5.69 Å². The lowest BCUT2D eigenvalue weighted by Gasteiger charge is -2.29. The van der Waals surface area contributed by atoms with Crippen molar-refractivity contribution in [2.45, 2.75) is 31.7 Å². The zero-order valence-corrected chi connectivity index (χ0v) is 11.6. The van der Waals surface area contributed by atoms with E-state index in [1.54, 1.807) is 7.05 Å². The molecule has 0 aliphatic heterocycles. The topological polar surface area (TPSA) is 91.5 Å². The van der Waals surface area contributed by atoms with Crippen molar-refractivity contribution in [3.63, 3.8) is 0 Å². The molecule has 0 radical (unpaired) electrons. The summed E-state index contributed by atoms with van der Waals surface area (Å²) < 4.78 is 0. The highest BCUT2D eigenvalue weighted by Crippen LogP contribution is 2.30. The summed E-state index contributed by atoms with van der Waals surface area (Å²) in [4.78, 5) is 17.0. The summed E-state index contributed by atoms with van der Waals surface area (Å²) in [7, 11) is 1.68. The van der Waals surface area contributed by atoms with Gasteiger partial charge in [0, 0.05) is 19.6 Å². The van der Waals surface area contributed by atoms with E-state index in [-0.39, 0.29) is 12.3 Å². The smallest absolute Gasteiger partial charge is 0.276 e. The maximum absolute atomic E-state index is 11.0. The van der Waals surface area contributed by atoms with Gasteiger partial charge in [-0.15, -0.1) is 0 Å². The molecule has 1 saturated carbocycles. The Labute approximate surface area is 117 Å². The Hall–Kier alpha value is -1.89. The predicted molar refractivity (Wildman–Crippen MR) is 77.1 cm³/mol. The standard InChI is InChI=1S/C13H20N4O3/c1-14-12-8-11(17(19)20)9-13(15-12)16(6-7-18)10-4-2-3-5-10/h8-10,18H,2-7H2,1H3,(H,14,15). The number of pyridine rings is 1. The van der Waals surface area contributed by atoms with Crippen LogP contribution in [-0.4, -0.2) is 41.3 Å². The van der Waals surface area contributed by atoms with Gasteiger partial charge in [-0.05, 0) is 12.8 Å². The third kappa shape index (κ3) is 3.16. The minimum atomic E-state index is -0.419. The van der Waals surface area contributed by atoms with Crippen molar-refractivity contribution >= 4 is 17.3 Å². The van der Waals surface area contributed by atoms with Crippen LogP contribution in [-0.2, 0) is 0 Å². The summed E-state index contributed by atoms with van der Waals surface area (Å²) in [5, 5.41) is 23.1. The number of hydrogen-bond acceptors (Lipinski definition) is 6. The zero-order valence-electron chi connectivity index (χ0n) is 11.6. The average Bonchev–Trinajstić information content (AvgIpc) is 2.98. The summed E-state index contributed by atoms with van der Waals surface area (Å²) >= 11 is 0. The van der Waals surface area contributed by atoms with Crippen molar-refractivity contribution in [2.24, 2.45) is 0 Å². The highest BCUT2D eigenvalue weighted by atomic mass is 16.6. The number of hydrogen-bond donors (Lipinski definition) is 2. The zero-order chi connectivity index (χ0) is 14.5. The second kappa shape index (κ2) is 6.51. The van der Waals surface area contributed by atoms with E-state index in [2.05, 4.69) is 10.3 Å². The Morgan fingerprint density at radius 3 is 2.75 bits per heavy atom. The van der Waals surface area contributed by atoms with Gasteiger partial charge in [-0.2, -0.15) is 0 Å². The molecule has 0 unspecified atom stereocenters. The second-order valence-electron chi connectivity index (χ2n) is 4.93. The van der Waals surface area contributed by atoms with Crippen LogP contribution in [0.25, 0.3) is 0 Å². The fraction of sp³-hybridized carbons (Fsp3) is 0.615. The molecule has 7 heteroatoms. The van der Waals surface area contributed by atoms with Gasteiger partial charge in [-0.25, -0.2) is 4.98 Å². The number of nitro groups is 1. The summed E-state index contributed by atoms with van der Waals surface area (Å²) in [6, 6.07) is 3.20. The molecule has 110 valence electrons. The Balaban J connectivity index is 2.35. The number of rotatable bonds is 6. The molecule has 0 amide bonds. The van der Waals surface area contributed by atoms with E-state index in [1.165, 1.54) is 12.1 Å². The van der Waals surface area contributed by atoms with Crippen LogP contribution in [0.4, 0.5) is 17.3 Å². The lowest BCUT2D eigenvalue weighted by molar-refractivity contribution is -0.384. The average molecular weight is 280 g/mol. The van der Waals surface area contributed by atoms with Crippen LogP contribution in [0.5, 0.6) is 0 Å². The summed E-state index contributed by atoms with van der Waals surface area (Å²) in [5.41, 5.74) is 0.0142. The van der Waals surface area contributed by atoms with E-state index in [9.17, 15) is 15.2 Å². The Bertz CT molecular complexity index is 475. The first-order valence-electron chi connectivity index (χ1n) is 6.87. The molecule has 1 heterocycles. The molecule has 1 fully saturated rings. The van der Waals surface area contributed by atoms with Crippen LogP contribution in [0.15, 0.2) is 12.1 Å². The monoisotopic (exact) mass is 280 g/mol. The first-order chi connectivity index (χ1) is 9.65. The van der Waals surface area contributed by atoms with Crippen molar-refractivity contribution < 1.29 is 10.0 Å². The number of nitrogens with zero attached hydrogens (tertiary/aromatic N) is 3. The van der Waals surface area contributed by atoms with Crippen molar-refractivity contribution in [3.8, 4) is 0 Å². The molecule has 0 spiro atoms. The van der Waals surface area contributed by atoms with Gasteiger partial charge < -0.3 is 15.3 Å². The van der Waals surface area contributed by atoms with E-state index in [4.69, 9.17) is 0 Å². The highest BCUT2D eigenvalue weighted by molar-refractivity contribution is 5.56. The van der Waals surface area contributed by atoms with Crippen LogP contribution in [0, 0.1) is 10.1 Å². The molecule has 0 atom stereocenters. The fourth-order valence-corrected chi connectivity index (χ4v) is 2.69. The van der Waals surface area contributed by atoms with E-state index < -0.39 is 4.92 Å². The molecule has 0 bridgehead atoms. The third-order valence-electron chi connectivity index (χ3n) is 3.66. The number of anilines is 2. The molecule has 1 aromatic rings. The van der Waals surface area contributed by atoms with Crippen LogP contribution in [0.3, 0.4) is 0 Å². The largest absolute Gasteiger partial charge is 0.395 e. The highest BCUT2D eigenvalue weighted by Gasteiger charge is 2.25. The van der Waals surface area contributed by atoms with Gasteiger partial charge in [-0.3, -0.25) is 10.1 Å². The third-order valence-corrected chi connectivity index (χ3v) is 3.66. The van der Waals surface area contributed by atoms with Crippen molar-refractivity contribution in [1.82, 2.24) is 4.98 Å². The minimum absolute atomic E-state index is 0.00968. The van der Waals surface area contributed by atoms with Gasteiger partial charge in [0.05, 0.1) is 23.7 Å². The molecule has 1 aromatic heterocycles. The fourth-order valence-electron chi connectivity index (χ4n) is 2.69. The quantitative estimate of drug-likeness (QED) is 0.609. The summed E-state index contributed by atoms with van der Waals surface area (Å²) in [5.74, 6) is 1.03. The normalized spacial score (nSPS) is 15.3. The number of nitrogens with one attached hydrogen (secondary N) is 1. The van der Waals surface area contributed by atoms with E-state index >= 15 is 0 Å². The molecule has 7 nitrogen and oxygen atoms in total. The number of aliphatic hydroxyl groups is 1. The second-order valence-corrected chi connectivity index (χ2v) is 4.93. The number of aliphatic hydroxyl groups excluding tert-OH is 1. The molecule has 2 N–H and O–H groups in total. The summed E-state index contributed by atoms with van der Waals surface area (Å²) in [6.07, 6.45) is 4.39. The molecule has 0 aromatic carbocycles. The van der Waals surface area contributed by atoms with Crippen LogP contribution in [0.1, 0.15) is 25.7 Å². The molecular weight excluding hydrogens is 260 g/mol. The lowest BCUT2D eigenvalue weighted by atomic mass is 10.2. The van der Waals surface area contributed by atoms with Crippen LogP contribution in [0.2, 0.25) is 0 Å². The predicted octanol–water partition coefficient (Wildman–Crippen LogP) is 1.77. The maximum atomic E-state index is 11.0. The van der Waals surface area contributed by atoms with E-state index in [0.717, 1.165) is 25.7 Å². The van der Waals surface area contributed by atoms with Gasteiger partial charge in [0.2, 0.25) is 0 Å². The summed E-state index contributed by atoms with van der Waals surface area (Å²) in [6.45, 7) is 0.456. The first kappa shape index (κ1) is 14.5. The molecule has 2 rings (SSSR count). The first-order valence-corrected chi connectivity index (χ1v) is 6.87. The van der Waals surface area contributed by atoms with Crippen molar-refractivity contribution in [1.29, 1.82) is 0 Å². The molecule has 0 saturated heterocycles. The van der Waals surface area contributed by atoms with Gasteiger partial charge >= 0.3 is 0 Å². The SMILES string of the molecule is CNc1cc([N+](=O)[O-])cc(N(CCO)C2CCCC2)n1. The van der Waals surface area contributed by atoms with E-state index in [1.807, 2.05) is 4.90 Å². The molecule has 1 aliphatic rings. The molecule has 20 heavy (non-hydrogen) atoms. The van der Waals surface area contributed by atoms with Gasteiger partial charge in [-0.1, -0.05) is 12.8 Å². The molecule has 1 aliphatic carbocycles. The lowest BCUT2D eigenvalue weighted by Crippen LogP contribution is -2.36. The Morgan fingerprint density at radius 2 is 2.20 bits per heavy atom. The maximum Gasteiger partial charge on any atom is 0.276 e. The van der Waals surface area contributed by atoms with Crippen molar-refractivity contribution in [2.75, 3.05) is 30.4 Å². The van der Waals surface area contributed by atoms with Gasteiger partial charge in [0.1, 0.15) is 11.6 Å².